The van der Waals surface area contributed by atoms with Gasteiger partial charge in [-0.25, -0.2) is 0 Å². The van der Waals surface area contributed by atoms with E-state index in [1.807, 2.05) is 6.07 Å². The Morgan fingerprint density at radius 1 is 1.05 bits per heavy atom. The first-order valence-corrected chi connectivity index (χ1v) is 6.83. The molecule has 0 saturated carbocycles. The highest BCUT2D eigenvalue weighted by Gasteiger charge is 2.09. The molecule has 0 spiro atoms. The van der Waals surface area contributed by atoms with E-state index in [0.717, 1.165) is 5.69 Å². The first-order chi connectivity index (χ1) is 8.99. The van der Waals surface area contributed by atoms with Gasteiger partial charge in [-0.15, -0.1) is 0 Å². The number of thiocarbonyl (C=S) groups is 1. The van der Waals surface area contributed by atoms with E-state index in [-0.39, 0.29) is 4.99 Å². The third kappa shape index (κ3) is 3.31. The number of benzene rings is 2. The van der Waals surface area contributed by atoms with Gasteiger partial charge in [0.1, 0.15) is 4.99 Å². The van der Waals surface area contributed by atoms with Crippen molar-refractivity contribution in [3.63, 3.8) is 0 Å². The summed E-state index contributed by atoms with van der Waals surface area (Å²) in [5.74, 6) is 0. The number of rotatable bonds is 3. The maximum absolute atomic E-state index is 6.12. The van der Waals surface area contributed by atoms with Crippen molar-refractivity contribution in [2.24, 2.45) is 5.73 Å². The summed E-state index contributed by atoms with van der Waals surface area (Å²) in [6, 6.07) is 10.5. The minimum Gasteiger partial charge on any atom is -0.389 e. The van der Waals surface area contributed by atoms with Crippen LogP contribution < -0.4 is 11.1 Å². The lowest BCUT2D eigenvalue weighted by molar-refractivity contribution is 1.52. The minimum atomic E-state index is 0.253. The van der Waals surface area contributed by atoms with E-state index < -0.39 is 0 Å². The summed E-state index contributed by atoms with van der Waals surface area (Å²) < 4.78 is 0. The maximum Gasteiger partial charge on any atom is 0.106 e. The molecule has 0 amide bonds. The van der Waals surface area contributed by atoms with Crippen molar-refractivity contribution >= 4 is 63.4 Å². The Hall–Kier alpha value is -1.000. The molecule has 0 fully saturated rings. The Morgan fingerprint density at radius 3 is 2.47 bits per heavy atom. The molecule has 0 aromatic heterocycles. The van der Waals surface area contributed by atoms with Gasteiger partial charge >= 0.3 is 0 Å². The Bertz CT molecular complexity index is 644. The van der Waals surface area contributed by atoms with Crippen molar-refractivity contribution in [3.05, 3.63) is 57.0 Å². The molecular weight excluding hydrogens is 323 g/mol. The lowest BCUT2D eigenvalue weighted by Crippen LogP contribution is -2.12. The third-order valence-corrected chi connectivity index (χ3v) is 3.74. The van der Waals surface area contributed by atoms with E-state index in [1.165, 1.54) is 0 Å². The monoisotopic (exact) mass is 330 g/mol. The topological polar surface area (TPSA) is 38.0 Å². The van der Waals surface area contributed by atoms with Gasteiger partial charge < -0.3 is 11.1 Å². The van der Waals surface area contributed by atoms with E-state index in [0.29, 0.717) is 26.3 Å². The molecule has 0 saturated heterocycles. The fraction of sp³-hybridized carbons (Fsp3) is 0. The van der Waals surface area contributed by atoms with E-state index >= 15 is 0 Å². The first kappa shape index (κ1) is 14.4. The molecular formula is C13H9Cl3N2S. The van der Waals surface area contributed by atoms with E-state index in [2.05, 4.69) is 5.32 Å². The maximum atomic E-state index is 6.12. The predicted molar refractivity (Wildman–Crippen MR) is 87.1 cm³/mol. The zero-order chi connectivity index (χ0) is 14.0. The number of nitrogens with one attached hydrogen (secondary N) is 1. The standard InChI is InChI=1S/C13H9Cl3N2S/c14-7-4-5-10(8(6-7)13(17)19)18-11-3-1-2-9(15)12(11)16/h1-6,18H,(H2,17,19). The molecule has 0 aliphatic heterocycles. The smallest absolute Gasteiger partial charge is 0.106 e. The Morgan fingerprint density at radius 2 is 1.79 bits per heavy atom. The van der Waals surface area contributed by atoms with Gasteiger partial charge in [0.2, 0.25) is 0 Å². The van der Waals surface area contributed by atoms with Crippen LogP contribution in [0.4, 0.5) is 11.4 Å². The van der Waals surface area contributed by atoms with E-state index in [1.54, 1.807) is 30.3 Å². The van der Waals surface area contributed by atoms with Crippen molar-refractivity contribution in [2.45, 2.75) is 0 Å². The second-order valence-corrected chi connectivity index (χ2v) is 5.44. The summed E-state index contributed by atoms with van der Waals surface area (Å²) in [5, 5.41) is 4.62. The number of hydrogen-bond acceptors (Lipinski definition) is 2. The van der Waals surface area contributed by atoms with Crippen molar-refractivity contribution in [2.75, 3.05) is 5.32 Å². The summed E-state index contributed by atoms with van der Waals surface area (Å²) in [4.78, 5) is 0.253. The van der Waals surface area contributed by atoms with Gasteiger partial charge in [0.25, 0.3) is 0 Å². The number of nitrogens with two attached hydrogens (primary N) is 1. The average Bonchev–Trinajstić information content (AvgIpc) is 2.36. The summed E-state index contributed by atoms with van der Waals surface area (Å²) in [6.07, 6.45) is 0. The molecule has 19 heavy (non-hydrogen) atoms. The van der Waals surface area contributed by atoms with Crippen molar-refractivity contribution in [1.29, 1.82) is 0 Å². The van der Waals surface area contributed by atoms with Crippen LogP contribution in [0.5, 0.6) is 0 Å². The second-order valence-electron chi connectivity index (χ2n) is 3.78. The molecule has 2 nitrogen and oxygen atoms in total. The summed E-state index contributed by atoms with van der Waals surface area (Å²) in [5.41, 5.74) is 7.73. The van der Waals surface area contributed by atoms with Gasteiger partial charge in [0.05, 0.1) is 15.7 Å². The summed E-state index contributed by atoms with van der Waals surface area (Å²) in [7, 11) is 0. The number of halogens is 3. The normalized spacial score (nSPS) is 10.3. The van der Waals surface area contributed by atoms with Gasteiger partial charge in [-0.05, 0) is 30.3 Å². The van der Waals surface area contributed by atoms with Crippen LogP contribution in [0.25, 0.3) is 0 Å². The zero-order valence-corrected chi connectivity index (χ0v) is 12.7. The highest BCUT2D eigenvalue weighted by Crippen LogP contribution is 2.33. The molecule has 2 aromatic carbocycles. The largest absolute Gasteiger partial charge is 0.389 e. The van der Waals surface area contributed by atoms with E-state index in [4.69, 9.17) is 52.8 Å². The van der Waals surface area contributed by atoms with Crippen LogP contribution in [-0.2, 0) is 0 Å². The third-order valence-electron chi connectivity index (χ3n) is 2.47. The number of hydrogen-bond donors (Lipinski definition) is 2. The van der Waals surface area contributed by atoms with Gasteiger partial charge in [-0.2, -0.15) is 0 Å². The second kappa shape index (κ2) is 5.97. The summed E-state index contributed by atoms with van der Waals surface area (Å²) >= 11 is 23.0. The van der Waals surface area contributed by atoms with Crippen LogP contribution in [0.1, 0.15) is 5.56 Å². The van der Waals surface area contributed by atoms with Gasteiger partial charge in [0, 0.05) is 16.3 Å². The lowest BCUT2D eigenvalue weighted by Gasteiger charge is -2.13. The van der Waals surface area contributed by atoms with E-state index in [9.17, 15) is 0 Å². The van der Waals surface area contributed by atoms with Crippen LogP contribution in [-0.4, -0.2) is 4.99 Å². The fourth-order valence-corrected chi connectivity index (χ4v) is 2.26. The lowest BCUT2D eigenvalue weighted by atomic mass is 10.1. The van der Waals surface area contributed by atoms with Gasteiger partial charge in [-0.1, -0.05) is 53.1 Å². The minimum absolute atomic E-state index is 0.253. The molecule has 0 heterocycles. The molecule has 98 valence electrons. The Kier molecular flexibility index (Phi) is 4.53. The molecule has 0 radical (unpaired) electrons. The Balaban J connectivity index is 2.44. The molecule has 0 unspecified atom stereocenters. The molecule has 0 atom stereocenters. The molecule has 2 rings (SSSR count). The van der Waals surface area contributed by atoms with Gasteiger partial charge in [0.15, 0.2) is 0 Å². The van der Waals surface area contributed by atoms with Crippen molar-refractivity contribution in [1.82, 2.24) is 0 Å². The molecule has 3 N–H and O–H groups in total. The van der Waals surface area contributed by atoms with Crippen LogP contribution in [0.15, 0.2) is 36.4 Å². The Labute approximate surface area is 131 Å². The highest BCUT2D eigenvalue weighted by molar-refractivity contribution is 7.80. The number of anilines is 2. The van der Waals surface area contributed by atoms with Crippen molar-refractivity contribution < 1.29 is 0 Å². The summed E-state index contributed by atoms with van der Waals surface area (Å²) in [6.45, 7) is 0. The molecule has 0 aliphatic carbocycles. The highest BCUT2D eigenvalue weighted by atomic mass is 35.5. The molecule has 2 aromatic rings. The molecule has 0 bridgehead atoms. The molecule has 6 heteroatoms. The van der Waals surface area contributed by atoms with Crippen LogP contribution in [0, 0.1) is 0 Å². The van der Waals surface area contributed by atoms with Crippen LogP contribution in [0.3, 0.4) is 0 Å². The van der Waals surface area contributed by atoms with Crippen molar-refractivity contribution in [3.8, 4) is 0 Å². The van der Waals surface area contributed by atoms with Crippen LogP contribution in [0.2, 0.25) is 15.1 Å². The first-order valence-electron chi connectivity index (χ1n) is 5.29. The zero-order valence-electron chi connectivity index (χ0n) is 9.58. The predicted octanol–water partition coefficient (Wildman–Crippen LogP) is 5.02. The quantitative estimate of drug-likeness (QED) is 0.775. The average molecular weight is 332 g/mol. The fourth-order valence-electron chi connectivity index (χ4n) is 1.57. The van der Waals surface area contributed by atoms with Gasteiger partial charge in [-0.3, -0.25) is 0 Å². The SMILES string of the molecule is NC(=S)c1cc(Cl)ccc1Nc1cccc(Cl)c1Cl. The van der Waals surface area contributed by atoms with Crippen LogP contribution >= 0.6 is 47.0 Å². The molecule has 0 aliphatic rings.